The van der Waals surface area contributed by atoms with Crippen LogP contribution >= 0.6 is 0 Å². The molecule has 0 saturated heterocycles. The van der Waals surface area contributed by atoms with Gasteiger partial charge >= 0.3 is 12.1 Å². The van der Waals surface area contributed by atoms with Gasteiger partial charge in [0.15, 0.2) is 0 Å². The van der Waals surface area contributed by atoms with E-state index in [2.05, 4.69) is 29.7 Å². The standard InChI is InChI=1S/C14H27NO4Si/c1-14(2,3)19-13(17)15-11(12(16)18-4)9-8-10-20(5,6)7/h8-9,11H,10H2,1-7H3,(H,15,17)/b9-8+/t11-/m1/s1. The molecule has 0 spiro atoms. The summed E-state index contributed by atoms with van der Waals surface area (Å²) in [5.41, 5.74) is -0.604. The zero-order valence-electron chi connectivity index (χ0n) is 13.6. The van der Waals surface area contributed by atoms with Gasteiger partial charge in [0.25, 0.3) is 0 Å². The maximum absolute atomic E-state index is 11.7. The fourth-order valence-electron chi connectivity index (χ4n) is 1.30. The van der Waals surface area contributed by atoms with Crippen LogP contribution in [0.15, 0.2) is 12.2 Å². The van der Waals surface area contributed by atoms with Gasteiger partial charge in [-0.2, -0.15) is 0 Å². The van der Waals surface area contributed by atoms with Gasteiger partial charge in [0.2, 0.25) is 0 Å². The van der Waals surface area contributed by atoms with Gasteiger partial charge in [0, 0.05) is 8.07 Å². The van der Waals surface area contributed by atoms with Crippen LogP contribution in [0.2, 0.25) is 25.7 Å². The molecule has 1 atom stereocenters. The number of amides is 1. The molecule has 1 amide bonds. The number of nitrogens with one attached hydrogen (secondary N) is 1. The normalized spacial score (nSPS) is 13.9. The lowest BCUT2D eigenvalue weighted by atomic mass is 10.2. The number of hydrogen-bond acceptors (Lipinski definition) is 4. The Morgan fingerprint density at radius 3 is 2.20 bits per heavy atom. The van der Waals surface area contributed by atoms with E-state index in [-0.39, 0.29) is 0 Å². The smallest absolute Gasteiger partial charge is 0.408 e. The fraction of sp³-hybridized carbons (Fsp3) is 0.714. The van der Waals surface area contributed by atoms with Gasteiger partial charge in [-0.15, -0.1) is 0 Å². The minimum atomic E-state index is -1.23. The Morgan fingerprint density at radius 1 is 1.25 bits per heavy atom. The third kappa shape index (κ3) is 9.60. The Balaban J connectivity index is 4.66. The summed E-state index contributed by atoms with van der Waals surface area (Å²) in [6.07, 6.45) is 2.95. The molecular formula is C14H27NO4Si. The van der Waals surface area contributed by atoms with Crippen molar-refractivity contribution in [2.24, 2.45) is 0 Å². The van der Waals surface area contributed by atoms with Crippen molar-refractivity contribution in [3.8, 4) is 0 Å². The fourth-order valence-corrected chi connectivity index (χ4v) is 2.15. The summed E-state index contributed by atoms with van der Waals surface area (Å²) in [5, 5.41) is 2.50. The van der Waals surface area contributed by atoms with Gasteiger partial charge in [-0.1, -0.05) is 31.8 Å². The molecule has 0 fully saturated rings. The van der Waals surface area contributed by atoms with Crippen LogP contribution in [0.3, 0.4) is 0 Å². The monoisotopic (exact) mass is 301 g/mol. The van der Waals surface area contributed by atoms with Crippen LogP contribution in [0.4, 0.5) is 4.79 Å². The molecular weight excluding hydrogens is 274 g/mol. The van der Waals surface area contributed by atoms with Crippen molar-refractivity contribution in [3.63, 3.8) is 0 Å². The molecule has 116 valence electrons. The zero-order chi connectivity index (χ0) is 16.0. The maximum Gasteiger partial charge on any atom is 0.408 e. The van der Waals surface area contributed by atoms with Crippen LogP contribution in [0.25, 0.3) is 0 Å². The number of methoxy groups -OCH3 is 1. The van der Waals surface area contributed by atoms with Crippen molar-refractivity contribution >= 4 is 20.1 Å². The average Bonchev–Trinajstić information content (AvgIpc) is 2.22. The molecule has 0 radical (unpaired) electrons. The highest BCUT2D eigenvalue weighted by atomic mass is 28.3. The number of carbonyl (C=O) groups excluding carboxylic acids is 2. The molecule has 1 N–H and O–H groups in total. The Labute approximate surface area is 122 Å². The van der Waals surface area contributed by atoms with E-state index < -0.39 is 31.8 Å². The zero-order valence-corrected chi connectivity index (χ0v) is 14.6. The van der Waals surface area contributed by atoms with Crippen molar-refractivity contribution in [2.45, 2.75) is 58.1 Å². The molecule has 20 heavy (non-hydrogen) atoms. The Morgan fingerprint density at radius 2 is 1.80 bits per heavy atom. The average molecular weight is 301 g/mol. The molecule has 0 bridgehead atoms. The molecule has 0 heterocycles. The predicted octanol–water partition coefficient (Wildman–Crippen LogP) is 2.95. The molecule has 0 aliphatic heterocycles. The number of allylic oxidation sites excluding steroid dienone is 1. The number of esters is 1. The molecule has 0 rings (SSSR count). The first-order valence-electron chi connectivity index (χ1n) is 6.68. The lowest BCUT2D eigenvalue weighted by Crippen LogP contribution is -2.43. The minimum absolute atomic E-state index is 0.511. The van der Waals surface area contributed by atoms with Crippen LogP contribution in [-0.2, 0) is 14.3 Å². The molecule has 0 saturated carbocycles. The summed E-state index contributed by atoms with van der Waals surface area (Å²) in [6, 6.07) is 0.113. The number of ether oxygens (including phenoxy) is 2. The third-order valence-electron chi connectivity index (χ3n) is 2.19. The van der Waals surface area contributed by atoms with Crippen molar-refractivity contribution < 1.29 is 19.1 Å². The lowest BCUT2D eigenvalue weighted by molar-refractivity contribution is -0.141. The Bertz CT molecular complexity index is 366. The number of rotatable bonds is 5. The number of carbonyl (C=O) groups is 2. The van der Waals surface area contributed by atoms with Gasteiger partial charge in [-0.05, 0) is 26.8 Å². The van der Waals surface area contributed by atoms with E-state index in [4.69, 9.17) is 4.74 Å². The van der Waals surface area contributed by atoms with Crippen LogP contribution in [-0.4, -0.2) is 38.9 Å². The van der Waals surface area contributed by atoms with Gasteiger partial charge in [0.05, 0.1) is 7.11 Å². The minimum Gasteiger partial charge on any atom is -0.467 e. The van der Waals surface area contributed by atoms with Crippen molar-refractivity contribution in [2.75, 3.05) is 7.11 Å². The van der Waals surface area contributed by atoms with E-state index in [1.807, 2.05) is 6.08 Å². The van der Waals surface area contributed by atoms with E-state index >= 15 is 0 Å². The quantitative estimate of drug-likeness (QED) is 0.482. The lowest BCUT2D eigenvalue weighted by Gasteiger charge is -2.21. The second kappa shape index (κ2) is 7.47. The molecule has 0 aliphatic rings. The van der Waals surface area contributed by atoms with Gasteiger partial charge < -0.3 is 14.8 Å². The first kappa shape index (κ1) is 18.7. The maximum atomic E-state index is 11.7. The summed E-state index contributed by atoms with van der Waals surface area (Å²) < 4.78 is 9.80. The summed E-state index contributed by atoms with van der Waals surface area (Å²) in [6.45, 7) is 12.0. The van der Waals surface area contributed by atoms with Crippen LogP contribution in [0.5, 0.6) is 0 Å². The molecule has 5 nitrogen and oxygen atoms in total. The predicted molar refractivity (Wildman–Crippen MR) is 82.5 cm³/mol. The SMILES string of the molecule is COC(=O)[C@@H](/C=C/C[Si](C)(C)C)NC(=O)OC(C)(C)C. The molecule has 0 aliphatic carbocycles. The van der Waals surface area contributed by atoms with Crippen LogP contribution in [0.1, 0.15) is 20.8 Å². The Kier molecular flexibility index (Phi) is 6.98. The second-order valence-corrected chi connectivity index (χ2v) is 12.4. The van der Waals surface area contributed by atoms with Gasteiger partial charge in [0.1, 0.15) is 11.6 Å². The van der Waals surface area contributed by atoms with E-state index in [0.29, 0.717) is 0 Å². The van der Waals surface area contributed by atoms with E-state index in [1.165, 1.54) is 7.11 Å². The molecule has 0 aromatic heterocycles. The van der Waals surface area contributed by atoms with Gasteiger partial charge in [-0.25, -0.2) is 9.59 Å². The van der Waals surface area contributed by atoms with E-state index in [0.717, 1.165) is 6.04 Å². The van der Waals surface area contributed by atoms with Crippen molar-refractivity contribution in [1.29, 1.82) is 0 Å². The van der Waals surface area contributed by atoms with E-state index in [9.17, 15) is 9.59 Å². The number of hydrogen-bond donors (Lipinski definition) is 1. The van der Waals surface area contributed by atoms with Gasteiger partial charge in [-0.3, -0.25) is 0 Å². The third-order valence-corrected chi connectivity index (χ3v) is 3.65. The van der Waals surface area contributed by atoms with Crippen LogP contribution in [0, 0.1) is 0 Å². The molecule has 0 aromatic carbocycles. The molecule has 0 aromatic rings. The second-order valence-electron chi connectivity index (χ2n) is 6.84. The number of alkyl carbamates (subject to hydrolysis) is 1. The highest BCUT2D eigenvalue weighted by Gasteiger charge is 2.23. The summed E-state index contributed by atoms with van der Waals surface area (Å²) in [4.78, 5) is 23.3. The first-order valence-corrected chi connectivity index (χ1v) is 10.4. The highest BCUT2D eigenvalue weighted by Crippen LogP contribution is 2.10. The largest absolute Gasteiger partial charge is 0.467 e. The summed E-state index contributed by atoms with van der Waals surface area (Å²) in [5.74, 6) is -0.511. The highest BCUT2D eigenvalue weighted by molar-refractivity contribution is 6.76. The van der Waals surface area contributed by atoms with Crippen molar-refractivity contribution in [1.82, 2.24) is 5.32 Å². The first-order chi connectivity index (χ1) is 8.94. The molecule has 0 unspecified atom stereocenters. The van der Waals surface area contributed by atoms with Crippen LogP contribution < -0.4 is 5.32 Å². The van der Waals surface area contributed by atoms with E-state index in [1.54, 1.807) is 26.8 Å². The Hall–Kier alpha value is -1.30. The topological polar surface area (TPSA) is 64.6 Å². The summed E-state index contributed by atoms with van der Waals surface area (Å²) >= 11 is 0. The summed E-state index contributed by atoms with van der Waals surface area (Å²) in [7, 11) is 0.0601. The molecule has 6 heteroatoms. The van der Waals surface area contributed by atoms with Crippen molar-refractivity contribution in [3.05, 3.63) is 12.2 Å².